The molecule has 0 bridgehead atoms. The zero-order chi connectivity index (χ0) is 79.0. The monoisotopic (exact) mass is 1610 g/mol. The highest BCUT2D eigenvalue weighted by Crippen LogP contribution is 2.50. The number of ether oxygens (including phenoxy) is 7. The topological polar surface area (TPSA) is 332 Å². The van der Waals surface area contributed by atoms with Gasteiger partial charge in [0.05, 0.1) is 48.8 Å². The summed E-state index contributed by atoms with van der Waals surface area (Å²) in [5.74, 6) is -2.83. The van der Waals surface area contributed by atoms with E-state index < -0.39 is 123 Å². The van der Waals surface area contributed by atoms with Gasteiger partial charge in [0.2, 0.25) is 0 Å². The maximum atomic E-state index is 14.5. The van der Waals surface area contributed by atoms with Gasteiger partial charge < -0.3 is 72.6 Å². The lowest BCUT2D eigenvalue weighted by atomic mass is 9.63. The number of phosphoric acid groups is 1. The number of esters is 6. The van der Waals surface area contributed by atoms with E-state index in [2.05, 4.69) is 151 Å². The fourth-order valence-electron chi connectivity index (χ4n) is 9.20. The fourth-order valence-corrected chi connectivity index (χ4v) is 39.5. The molecule has 100 heavy (non-hydrogen) atoms. The van der Waals surface area contributed by atoms with Gasteiger partial charge in [-0.3, -0.25) is 32.5 Å². The van der Waals surface area contributed by atoms with Gasteiger partial charge in [-0.15, -0.1) is 0 Å². The summed E-state index contributed by atoms with van der Waals surface area (Å²) in [7, 11) is -20.4. The average Bonchev–Trinajstić information content (AvgIpc) is 1.62. The first-order valence-corrected chi connectivity index (χ1v) is 61.2. The van der Waals surface area contributed by atoms with Crippen molar-refractivity contribution >= 4 is 119 Å². The lowest BCUT2D eigenvalue weighted by molar-refractivity contribution is -0.169. The van der Waals surface area contributed by atoms with Crippen LogP contribution in [-0.2, 0) is 118 Å². The van der Waals surface area contributed by atoms with E-state index in [9.17, 15) is 37.9 Å². The van der Waals surface area contributed by atoms with Crippen LogP contribution < -0.4 is 5.73 Å². The van der Waals surface area contributed by atoms with Crippen molar-refractivity contribution < 1.29 is 118 Å². The van der Waals surface area contributed by atoms with Crippen LogP contribution in [0.2, 0.25) is 130 Å². The third-order valence-corrected chi connectivity index (χ3v) is 40.1. The number of hydrogen-bond acceptors (Lipinski definition) is 27. The van der Waals surface area contributed by atoms with E-state index in [-0.39, 0.29) is 94.9 Å². The van der Waals surface area contributed by atoms with Gasteiger partial charge in [0.15, 0.2) is 49.9 Å². The highest BCUT2D eigenvalue weighted by molar-refractivity contribution is 7.53. The zero-order valence-corrected chi connectivity index (χ0v) is 76.6. The summed E-state index contributed by atoms with van der Waals surface area (Å²) in [4.78, 5) is 75.1. The van der Waals surface area contributed by atoms with E-state index in [1.54, 1.807) is 34.6 Å². The molecule has 0 aromatic carbocycles. The van der Waals surface area contributed by atoms with Gasteiger partial charge in [0.25, 0.3) is 0 Å². The van der Waals surface area contributed by atoms with E-state index in [1.807, 2.05) is 13.8 Å². The molecule has 1 fully saturated rings. The normalized spacial score (nSPS) is 15.7. The van der Waals surface area contributed by atoms with Crippen LogP contribution in [0, 0.1) is 16.2 Å². The van der Waals surface area contributed by atoms with E-state index in [0.717, 1.165) is 0 Å². The van der Waals surface area contributed by atoms with Crippen LogP contribution in [0.5, 0.6) is 0 Å². The lowest BCUT2D eigenvalue weighted by Crippen LogP contribution is -2.61. The third kappa shape index (κ3) is 46.6. The minimum Gasteiger partial charge on any atom is -0.465 e. The smallest absolute Gasteiger partial charge is 0.465 e. The van der Waals surface area contributed by atoms with Gasteiger partial charge in [0, 0.05) is 63.8 Å². The molecular formula is C63H133NO26P2Si8. The van der Waals surface area contributed by atoms with E-state index in [0.29, 0.717) is 49.6 Å². The third-order valence-electron chi connectivity index (χ3n) is 13.0. The van der Waals surface area contributed by atoms with Crippen molar-refractivity contribution in [3.8, 4) is 0 Å². The van der Waals surface area contributed by atoms with Crippen molar-refractivity contribution in [1.29, 1.82) is 0 Å². The first-order valence-electron chi connectivity index (χ1n) is 33.7. The number of epoxide rings is 1. The zero-order valence-electron chi connectivity index (χ0n) is 66.8. The van der Waals surface area contributed by atoms with Crippen LogP contribution in [0.15, 0.2) is 36.5 Å². The molecule has 588 valence electrons. The maximum Gasteiger partial charge on any atom is 0.474 e. The fraction of sp³-hybridized carbons (Fsp3) is 0.810. The molecule has 27 nitrogen and oxygen atoms in total. The Morgan fingerprint density at radius 1 is 0.460 bits per heavy atom. The predicted molar refractivity (Wildman–Crippen MR) is 410 cm³/mol. The number of carbonyl (C=O) groups excluding carboxylic acids is 6. The molecule has 1 aliphatic rings. The van der Waals surface area contributed by atoms with Crippen LogP contribution in [0.4, 0.5) is 0 Å². The van der Waals surface area contributed by atoms with Crippen molar-refractivity contribution in [3.05, 3.63) is 36.5 Å². The molecule has 0 amide bonds. The first kappa shape index (κ1) is 102. The summed E-state index contributed by atoms with van der Waals surface area (Å²) in [6, 6.07) is 0.764. The second-order valence-corrected chi connectivity index (χ2v) is 69.3. The molecule has 0 aromatic rings. The van der Waals surface area contributed by atoms with Gasteiger partial charge in [0.1, 0.15) is 32.5 Å². The van der Waals surface area contributed by atoms with Gasteiger partial charge in [-0.25, -0.2) is 18.9 Å². The van der Waals surface area contributed by atoms with E-state index >= 15 is 0 Å². The molecule has 37 heteroatoms. The Balaban J connectivity index is -0.00000159. The lowest BCUT2D eigenvalue weighted by Gasteiger charge is -2.43. The van der Waals surface area contributed by atoms with E-state index in [1.165, 1.54) is 35.4 Å². The van der Waals surface area contributed by atoms with Gasteiger partial charge >= 0.3 is 68.8 Å². The SMILES string of the molecule is C=C(C)C(=O)OCCN.C=C(C)C(=O)OCCOP(=O)(OC)OC.C=C(C)C(=O)OCC[Si](O[Si](C)(C)C)(O[Si](C)(C)C)O[Si](C)(C)C.CCCC(C)(CC(C)(CC(C)(CC)C(=O)OCC1CO1)C(=O)OCC[Si](O[Si](C)(C)C)(O[Si](C)(C)C)O[Si](C)(C)C)C(=O)OCCP(=O)(OC)OC. The number of carbonyl (C=O) groups is 6. The van der Waals surface area contributed by atoms with Gasteiger partial charge in [-0.2, -0.15) is 0 Å². The molecule has 0 aliphatic carbocycles. The Morgan fingerprint density at radius 3 is 1.09 bits per heavy atom. The van der Waals surface area contributed by atoms with Crippen molar-refractivity contribution in [2.45, 2.75) is 224 Å². The number of nitrogens with two attached hydrogens (primary N) is 1. The number of phosphoric ester groups is 1. The molecule has 0 spiro atoms. The van der Waals surface area contributed by atoms with Crippen LogP contribution in [-0.4, -0.2) is 203 Å². The number of hydrogen-bond donors (Lipinski definition) is 1. The van der Waals surface area contributed by atoms with Gasteiger partial charge in [-0.05, 0) is 185 Å². The summed E-state index contributed by atoms with van der Waals surface area (Å²) in [6.07, 6.45) is 1.23. The summed E-state index contributed by atoms with van der Waals surface area (Å²) < 4.78 is 125. The second kappa shape index (κ2) is 44.7. The van der Waals surface area contributed by atoms with Gasteiger partial charge in [-0.1, -0.05) is 40.0 Å². The molecule has 2 N–H and O–H groups in total. The maximum absolute atomic E-state index is 14.5. The highest BCUT2D eigenvalue weighted by atomic mass is 31.2. The molecule has 4 atom stereocenters. The largest absolute Gasteiger partial charge is 0.474 e. The molecule has 1 heterocycles. The Morgan fingerprint density at radius 2 is 0.780 bits per heavy atom. The van der Waals surface area contributed by atoms with E-state index in [4.69, 9.17) is 72.4 Å². The second-order valence-electron chi connectivity index (χ2n) is 31.0. The average molecular weight is 1610 g/mol. The number of rotatable bonds is 46. The minimum atomic E-state index is -3.48. The summed E-state index contributed by atoms with van der Waals surface area (Å²) in [5.41, 5.74) is 2.59. The van der Waals surface area contributed by atoms with Crippen molar-refractivity contribution in [1.82, 2.24) is 0 Å². The Labute approximate surface area is 609 Å². The summed E-state index contributed by atoms with van der Waals surface area (Å²) in [5, 5.41) is 0. The molecule has 1 saturated heterocycles. The molecule has 1 aliphatic heterocycles. The van der Waals surface area contributed by atoms with Crippen LogP contribution in [0.25, 0.3) is 0 Å². The molecular weight excluding hydrogens is 1470 g/mol. The molecule has 4 unspecified atom stereocenters. The minimum absolute atomic E-state index is 0.0232. The molecule has 0 saturated carbocycles. The first-order chi connectivity index (χ1) is 45.1. The van der Waals surface area contributed by atoms with Crippen molar-refractivity contribution in [2.75, 3.05) is 94.0 Å². The quantitative estimate of drug-likeness (QED) is 0.0112. The van der Waals surface area contributed by atoms with Crippen molar-refractivity contribution in [3.63, 3.8) is 0 Å². The van der Waals surface area contributed by atoms with Crippen LogP contribution in [0.3, 0.4) is 0 Å². The standard InChI is InChI=1S/C34H71O13PSi4.C15H36O5Si4.C8H15O6P.C6H11NO2/c1-17-19-33(4,30(36)41-20-22-48(38,39-6)40-7)27-34(5,26-32(3,18-2)29(35)44-25-28-24-43-28)31(37)42-21-23-52(45-49(8,9)10,46-50(11,12)13)47-51(14,15)16;1-14(2)15(16)17-12-13-24(18-21(3,4)5,19-22(6,7)8)20-23(9,10)11;1-7(2)8(9)13-5-6-14-15(10,11-3)12-4;1-5(2)6(8)9-4-3-7/h28H,17-27H2,1-16H3;1,12-13H2,2-11H3;1,5-6H2,2-4H3;1,3-4,7H2,2H3. The highest BCUT2D eigenvalue weighted by Gasteiger charge is 2.54. The Hall–Kier alpha value is -2.28. The summed E-state index contributed by atoms with van der Waals surface area (Å²) in [6.45, 7) is 63.5. The molecule has 0 radical (unpaired) electrons. The Bertz CT molecular complexity index is 2590. The van der Waals surface area contributed by atoms with Crippen LogP contribution >= 0.6 is 15.4 Å². The summed E-state index contributed by atoms with van der Waals surface area (Å²) >= 11 is 0. The predicted octanol–water partition coefficient (Wildman–Crippen LogP) is 14.2. The molecule has 0 aromatic heterocycles. The Kier molecular flexibility index (Phi) is 45.6. The van der Waals surface area contributed by atoms with Crippen molar-refractivity contribution in [2.24, 2.45) is 22.0 Å². The molecule has 1 rings (SSSR count). The van der Waals surface area contributed by atoms with Crippen LogP contribution in [0.1, 0.15) is 87.5 Å².